The maximum atomic E-state index is 13.3. The number of rotatable bonds is 6. The van der Waals surface area contributed by atoms with Gasteiger partial charge in [-0.15, -0.1) is 0 Å². The highest BCUT2D eigenvalue weighted by Gasteiger charge is 2.34. The van der Waals surface area contributed by atoms with Crippen molar-refractivity contribution in [3.05, 3.63) is 75.1 Å². The van der Waals surface area contributed by atoms with E-state index in [-0.39, 0.29) is 5.91 Å². The molecule has 158 valence electrons. The quantitative estimate of drug-likeness (QED) is 0.202. The number of carbonyl (C=O) groups excluding carboxylic acids is 1. The van der Waals surface area contributed by atoms with Crippen molar-refractivity contribution in [2.75, 3.05) is 11.5 Å². The first-order valence-corrected chi connectivity index (χ1v) is 11.8. The van der Waals surface area contributed by atoms with Gasteiger partial charge in [0.05, 0.1) is 22.2 Å². The van der Waals surface area contributed by atoms with Crippen molar-refractivity contribution >= 4 is 79.9 Å². The highest BCUT2D eigenvalue weighted by molar-refractivity contribution is 8.27. The molecule has 0 aromatic heterocycles. The number of nitrogens with zero attached hydrogens (tertiary/aromatic N) is 1. The first-order chi connectivity index (χ1) is 15.0. The van der Waals surface area contributed by atoms with Gasteiger partial charge in [0, 0.05) is 10.6 Å². The third kappa shape index (κ3) is 4.60. The minimum atomic E-state index is -0.216. The zero-order chi connectivity index (χ0) is 22.0. The van der Waals surface area contributed by atoms with Crippen LogP contribution in [-0.2, 0) is 4.79 Å². The van der Waals surface area contributed by atoms with E-state index in [2.05, 4.69) is 6.92 Å². The van der Waals surface area contributed by atoms with Gasteiger partial charge in [0.1, 0.15) is 5.75 Å². The lowest BCUT2D eigenvalue weighted by atomic mass is 10.0. The van der Waals surface area contributed by atoms with Gasteiger partial charge in [0.25, 0.3) is 5.91 Å². The van der Waals surface area contributed by atoms with Crippen LogP contribution in [-0.4, -0.2) is 16.8 Å². The van der Waals surface area contributed by atoms with Crippen molar-refractivity contribution in [3.8, 4) is 5.75 Å². The largest absolute Gasteiger partial charge is 0.493 e. The Morgan fingerprint density at radius 1 is 1.13 bits per heavy atom. The highest BCUT2D eigenvalue weighted by atomic mass is 35.5. The summed E-state index contributed by atoms with van der Waals surface area (Å²) in [6, 6.07) is 17.0. The maximum absolute atomic E-state index is 13.3. The van der Waals surface area contributed by atoms with Gasteiger partial charge in [-0.3, -0.25) is 9.69 Å². The van der Waals surface area contributed by atoms with Crippen molar-refractivity contribution in [3.63, 3.8) is 0 Å². The smallest absolute Gasteiger partial charge is 0.270 e. The summed E-state index contributed by atoms with van der Waals surface area (Å²) in [5.41, 5.74) is 1.39. The Morgan fingerprint density at radius 2 is 1.94 bits per heavy atom. The number of halogens is 2. The van der Waals surface area contributed by atoms with Crippen LogP contribution < -0.4 is 9.64 Å². The first kappa shape index (κ1) is 22.2. The molecule has 1 amide bonds. The van der Waals surface area contributed by atoms with Crippen LogP contribution >= 0.6 is 47.2 Å². The van der Waals surface area contributed by atoms with Gasteiger partial charge in [-0.2, -0.15) is 0 Å². The van der Waals surface area contributed by atoms with Gasteiger partial charge >= 0.3 is 0 Å². The Kier molecular flexibility index (Phi) is 6.87. The van der Waals surface area contributed by atoms with Gasteiger partial charge < -0.3 is 4.74 Å². The molecule has 0 spiro atoms. The lowest BCUT2D eigenvalue weighted by Crippen LogP contribution is -2.27. The van der Waals surface area contributed by atoms with E-state index in [9.17, 15) is 4.79 Å². The summed E-state index contributed by atoms with van der Waals surface area (Å²) >= 11 is 19.1. The second kappa shape index (κ2) is 9.61. The van der Waals surface area contributed by atoms with Gasteiger partial charge in [0.2, 0.25) is 0 Å². The summed E-state index contributed by atoms with van der Waals surface area (Å²) in [7, 11) is 0. The highest BCUT2D eigenvalue weighted by Crippen LogP contribution is 2.41. The first-order valence-electron chi connectivity index (χ1n) is 9.87. The van der Waals surface area contributed by atoms with Crippen molar-refractivity contribution < 1.29 is 9.53 Å². The topological polar surface area (TPSA) is 29.5 Å². The summed E-state index contributed by atoms with van der Waals surface area (Å²) in [4.78, 5) is 15.3. The van der Waals surface area contributed by atoms with Gasteiger partial charge in [-0.25, -0.2) is 0 Å². The summed E-state index contributed by atoms with van der Waals surface area (Å²) in [6.45, 7) is 2.74. The van der Waals surface area contributed by atoms with Crippen LogP contribution in [0.2, 0.25) is 10.0 Å². The van der Waals surface area contributed by atoms with E-state index in [1.165, 1.54) is 16.7 Å². The third-order valence-electron chi connectivity index (χ3n) is 4.91. The van der Waals surface area contributed by atoms with Gasteiger partial charge in [-0.1, -0.05) is 90.9 Å². The van der Waals surface area contributed by atoms with Crippen LogP contribution in [0.3, 0.4) is 0 Å². The molecule has 1 heterocycles. The average Bonchev–Trinajstić information content (AvgIpc) is 3.03. The number of fused-ring (bicyclic) bond motifs is 1. The molecule has 0 radical (unpaired) electrons. The minimum Gasteiger partial charge on any atom is -0.493 e. The molecule has 1 fully saturated rings. The number of thioether (sulfide) groups is 1. The van der Waals surface area contributed by atoms with E-state index in [1.54, 1.807) is 18.2 Å². The number of hydrogen-bond donors (Lipinski definition) is 0. The number of unbranched alkanes of at least 4 members (excludes halogenated alkanes) is 1. The molecule has 0 N–H and O–H groups in total. The standard InChI is InChI=1S/C24H19Cl2NO2S2/c1-2-3-12-29-21-11-8-15-6-4-5-7-17(15)18(21)14-22-23(28)27(24(30)31-22)20-10-9-16(25)13-19(20)26/h4-11,13-14H,2-3,12H2,1H3/b22-14+. The molecule has 0 aliphatic carbocycles. The van der Waals surface area contributed by atoms with Crippen LogP contribution in [0, 0.1) is 0 Å². The Morgan fingerprint density at radius 3 is 2.71 bits per heavy atom. The lowest BCUT2D eigenvalue weighted by Gasteiger charge is -2.16. The molecule has 7 heteroatoms. The number of benzene rings is 3. The van der Waals surface area contributed by atoms with Crippen LogP contribution in [0.1, 0.15) is 25.3 Å². The molecular formula is C24H19Cl2NO2S2. The SMILES string of the molecule is CCCCOc1ccc2ccccc2c1/C=C1/SC(=S)N(c2ccc(Cl)cc2Cl)C1=O. The Bertz CT molecular complexity index is 1210. The van der Waals surface area contributed by atoms with Crippen LogP contribution in [0.5, 0.6) is 5.75 Å². The molecule has 1 aliphatic heterocycles. The van der Waals surface area contributed by atoms with Crippen LogP contribution in [0.25, 0.3) is 16.8 Å². The van der Waals surface area contributed by atoms with Crippen molar-refractivity contribution in [2.45, 2.75) is 19.8 Å². The monoisotopic (exact) mass is 487 g/mol. The van der Waals surface area contributed by atoms with E-state index < -0.39 is 0 Å². The fraction of sp³-hybridized carbons (Fsp3) is 0.167. The summed E-state index contributed by atoms with van der Waals surface area (Å²) in [5, 5.41) is 2.97. The van der Waals surface area contributed by atoms with Gasteiger partial charge in [0.15, 0.2) is 4.32 Å². The van der Waals surface area contributed by atoms with E-state index >= 15 is 0 Å². The van der Waals surface area contributed by atoms with Crippen LogP contribution in [0.15, 0.2) is 59.5 Å². The zero-order valence-electron chi connectivity index (χ0n) is 16.7. The summed E-state index contributed by atoms with van der Waals surface area (Å²) in [5.74, 6) is 0.536. The number of carbonyl (C=O) groups is 1. The van der Waals surface area contributed by atoms with E-state index in [0.717, 1.165) is 34.9 Å². The molecule has 3 aromatic carbocycles. The van der Waals surface area contributed by atoms with Crippen molar-refractivity contribution in [1.82, 2.24) is 0 Å². The number of amides is 1. The van der Waals surface area contributed by atoms with E-state index in [0.29, 0.717) is 31.6 Å². The number of thiocarbonyl (C=S) groups is 1. The van der Waals surface area contributed by atoms with Crippen molar-refractivity contribution in [2.24, 2.45) is 0 Å². The molecular weight excluding hydrogens is 469 g/mol. The number of ether oxygens (including phenoxy) is 1. The fourth-order valence-electron chi connectivity index (χ4n) is 3.35. The minimum absolute atomic E-state index is 0.216. The zero-order valence-corrected chi connectivity index (χ0v) is 19.9. The lowest BCUT2D eigenvalue weighted by molar-refractivity contribution is -0.113. The molecule has 0 atom stereocenters. The number of anilines is 1. The third-order valence-corrected chi connectivity index (χ3v) is 6.75. The molecule has 0 saturated carbocycles. The molecule has 3 nitrogen and oxygen atoms in total. The van der Waals surface area contributed by atoms with E-state index in [1.807, 2.05) is 42.5 Å². The van der Waals surface area contributed by atoms with Gasteiger partial charge in [-0.05, 0) is 47.5 Å². The fourth-order valence-corrected chi connectivity index (χ4v) is 5.11. The summed E-state index contributed by atoms with van der Waals surface area (Å²) in [6.07, 6.45) is 3.87. The molecule has 0 bridgehead atoms. The van der Waals surface area contributed by atoms with Crippen LogP contribution in [0.4, 0.5) is 5.69 Å². The second-order valence-corrected chi connectivity index (χ2v) is 9.53. The predicted octanol–water partition coefficient (Wildman–Crippen LogP) is 7.73. The van der Waals surface area contributed by atoms with Crippen molar-refractivity contribution in [1.29, 1.82) is 0 Å². The predicted molar refractivity (Wildman–Crippen MR) is 136 cm³/mol. The molecule has 1 aliphatic rings. The molecule has 0 unspecified atom stereocenters. The second-order valence-electron chi connectivity index (χ2n) is 7.01. The van der Waals surface area contributed by atoms with E-state index in [4.69, 9.17) is 40.2 Å². The number of hydrogen-bond acceptors (Lipinski definition) is 4. The maximum Gasteiger partial charge on any atom is 0.270 e. The average molecular weight is 488 g/mol. The Labute approximate surface area is 201 Å². The normalized spacial score (nSPS) is 15.3. The summed E-state index contributed by atoms with van der Waals surface area (Å²) < 4.78 is 6.48. The Hall–Kier alpha value is -2.05. The Balaban J connectivity index is 1.76. The molecule has 3 aromatic rings. The molecule has 1 saturated heterocycles. The molecule has 4 rings (SSSR count). The molecule has 31 heavy (non-hydrogen) atoms.